The topological polar surface area (TPSA) is 27.1 Å². The summed E-state index contributed by atoms with van der Waals surface area (Å²) in [6, 6.07) is 5.99. The van der Waals surface area contributed by atoms with Crippen molar-refractivity contribution in [1.82, 2.24) is 9.55 Å². The number of aromatic nitrogens is 2. The van der Waals surface area contributed by atoms with E-state index in [2.05, 4.69) is 10.6 Å². The highest BCUT2D eigenvalue weighted by Crippen LogP contribution is 2.41. The van der Waals surface area contributed by atoms with Gasteiger partial charge in [-0.3, -0.25) is 0 Å². The monoisotopic (exact) mass is 278 g/mol. The van der Waals surface area contributed by atoms with Gasteiger partial charge in [0.05, 0.1) is 11.0 Å². The molecule has 19 heavy (non-hydrogen) atoms. The molecule has 102 valence electrons. The molecule has 4 heteroatoms. The molecule has 0 aliphatic heterocycles. The van der Waals surface area contributed by atoms with Crippen molar-refractivity contribution in [3.05, 3.63) is 29.0 Å². The Bertz CT molecular complexity index is 575. The van der Waals surface area contributed by atoms with Gasteiger partial charge >= 0.3 is 0 Å². The minimum absolute atomic E-state index is 0.651. The second-order valence-corrected chi connectivity index (χ2v) is 5.52. The fourth-order valence-electron chi connectivity index (χ4n) is 2.48. The van der Waals surface area contributed by atoms with E-state index in [4.69, 9.17) is 21.3 Å². The fraction of sp³-hybridized carbons (Fsp3) is 0.533. The molecule has 0 N–H and O–H groups in total. The predicted octanol–water partition coefficient (Wildman–Crippen LogP) is 3.99. The van der Waals surface area contributed by atoms with Crippen LogP contribution in [0, 0.1) is 0 Å². The Labute approximate surface area is 118 Å². The van der Waals surface area contributed by atoms with Crippen LogP contribution >= 0.6 is 11.6 Å². The van der Waals surface area contributed by atoms with Gasteiger partial charge in [-0.25, -0.2) is 4.98 Å². The van der Waals surface area contributed by atoms with Gasteiger partial charge in [0, 0.05) is 30.7 Å². The zero-order valence-corrected chi connectivity index (χ0v) is 12.0. The Balaban J connectivity index is 1.88. The molecule has 1 aliphatic carbocycles. The standard InChI is InChI=1S/C15H19ClN2O/c1-2-19-9-3-8-18-14-7-6-12(16)10-13(14)17-15(18)11-4-5-11/h6-7,10-11H,2-5,8-9H2,1H3. The zero-order valence-electron chi connectivity index (χ0n) is 11.2. The second kappa shape index (κ2) is 5.51. The third-order valence-corrected chi connectivity index (χ3v) is 3.79. The lowest BCUT2D eigenvalue weighted by atomic mass is 10.3. The largest absolute Gasteiger partial charge is 0.382 e. The molecule has 1 heterocycles. The van der Waals surface area contributed by atoms with Crippen LogP contribution in [0.5, 0.6) is 0 Å². The smallest absolute Gasteiger partial charge is 0.112 e. The maximum atomic E-state index is 6.05. The molecule has 3 rings (SSSR count). The van der Waals surface area contributed by atoms with Gasteiger partial charge in [0.2, 0.25) is 0 Å². The Morgan fingerprint density at radius 1 is 1.42 bits per heavy atom. The third-order valence-electron chi connectivity index (χ3n) is 3.56. The van der Waals surface area contributed by atoms with Crippen LogP contribution in [0.3, 0.4) is 0 Å². The molecule has 2 aromatic rings. The Kier molecular flexibility index (Phi) is 3.76. The Morgan fingerprint density at radius 3 is 3.00 bits per heavy atom. The fourth-order valence-corrected chi connectivity index (χ4v) is 2.65. The first-order valence-electron chi connectivity index (χ1n) is 7.03. The SMILES string of the molecule is CCOCCCn1c(C2CC2)nc2cc(Cl)ccc21. The molecule has 0 bridgehead atoms. The van der Waals surface area contributed by atoms with Crippen molar-refractivity contribution in [2.75, 3.05) is 13.2 Å². The van der Waals surface area contributed by atoms with Crippen LogP contribution in [0.25, 0.3) is 11.0 Å². The van der Waals surface area contributed by atoms with Crippen molar-refractivity contribution in [2.45, 2.75) is 38.6 Å². The quantitative estimate of drug-likeness (QED) is 0.747. The number of halogens is 1. The maximum absolute atomic E-state index is 6.05. The molecule has 0 radical (unpaired) electrons. The highest BCUT2D eigenvalue weighted by atomic mass is 35.5. The second-order valence-electron chi connectivity index (χ2n) is 5.08. The van der Waals surface area contributed by atoms with Crippen LogP contribution in [-0.4, -0.2) is 22.8 Å². The summed E-state index contributed by atoms with van der Waals surface area (Å²) in [5, 5.41) is 0.758. The van der Waals surface area contributed by atoms with Gasteiger partial charge in [-0.05, 0) is 44.4 Å². The summed E-state index contributed by atoms with van der Waals surface area (Å²) in [4.78, 5) is 4.77. The van der Waals surface area contributed by atoms with Crippen molar-refractivity contribution >= 4 is 22.6 Å². The summed E-state index contributed by atoms with van der Waals surface area (Å²) >= 11 is 6.05. The van der Waals surface area contributed by atoms with Crippen LogP contribution in [0.4, 0.5) is 0 Å². The number of ether oxygens (including phenoxy) is 1. The number of hydrogen-bond donors (Lipinski definition) is 0. The molecular weight excluding hydrogens is 260 g/mol. The lowest BCUT2D eigenvalue weighted by Gasteiger charge is -2.08. The van der Waals surface area contributed by atoms with Crippen LogP contribution in [0.2, 0.25) is 5.02 Å². The van der Waals surface area contributed by atoms with Gasteiger partial charge in [0.1, 0.15) is 5.82 Å². The van der Waals surface area contributed by atoms with E-state index >= 15 is 0 Å². The van der Waals surface area contributed by atoms with Crippen LogP contribution in [0.15, 0.2) is 18.2 Å². The lowest BCUT2D eigenvalue weighted by Crippen LogP contribution is -2.06. The molecule has 0 atom stereocenters. The van der Waals surface area contributed by atoms with E-state index in [1.807, 2.05) is 19.1 Å². The minimum Gasteiger partial charge on any atom is -0.382 e. The van der Waals surface area contributed by atoms with E-state index in [9.17, 15) is 0 Å². The number of rotatable bonds is 6. The Hall–Kier alpha value is -1.06. The van der Waals surface area contributed by atoms with Crippen LogP contribution in [-0.2, 0) is 11.3 Å². The average Bonchev–Trinajstić information content (AvgIpc) is 3.18. The average molecular weight is 279 g/mol. The van der Waals surface area contributed by atoms with Gasteiger partial charge in [-0.2, -0.15) is 0 Å². The van der Waals surface area contributed by atoms with E-state index in [0.717, 1.165) is 36.7 Å². The van der Waals surface area contributed by atoms with E-state index in [-0.39, 0.29) is 0 Å². The van der Waals surface area contributed by atoms with Crippen molar-refractivity contribution in [3.8, 4) is 0 Å². The molecular formula is C15H19ClN2O. The van der Waals surface area contributed by atoms with E-state index < -0.39 is 0 Å². The summed E-state index contributed by atoms with van der Waals surface area (Å²) in [6.07, 6.45) is 3.56. The van der Waals surface area contributed by atoms with Crippen molar-refractivity contribution in [1.29, 1.82) is 0 Å². The minimum atomic E-state index is 0.651. The van der Waals surface area contributed by atoms with Crippen LogP contribution in [0.1, 0.15) is 37.9 Å². The molecule has 0 saturated heterocycles. The highest BCUT2D eigenvalue weighted by molar-refractivity contribution is 6.31. The lowest BCUT2D eigenvalue weighted by molar-refractivity contribution is 0.141. The maximum Gasteiger partial charge on any atom is 0.112 e. The first-order chi connectivity index (χ1) is 9.29. The van der Waals surface area contributed by atoms with Gasteiger partial charge < -0.3 is 9.30 Å². The molecule has 1 aromatic heterocycles. The summed E-state index contributed by atoms with van der Waals surface area (Å²) in [5.41, 5.74) is 2.22. The molecule has 3 nitrogen and oxygen atoms in total. The highest BCUT2D eigenvalue weighted by Gasteiger charge is 2.29. The molecule has 0 amide bonds. The van der Waals surface area contributed by atoms with Crippen molar-refractivity contribution in [3.63, 3.8) is 0 Å². The number of aryl methyl sites for hydroxylation is 1. The van der Waals surface area contributed by atoms with Crippen molar-refractivity contribution in [2.24, 2.45) is 0 Å². The number of benzene rings is 1. The summed E-state index contributed by atoms with van der Waals surface area (Å²) in [7, 11) is 0. The normalized spacial score (nSPS) is 15.3. The van der Waals surface area contributed by atoms with E-state index in [0.29, 0.717) is 5.92 Å². The summed E-state index contributed by atoms with van der Waals surface area (Å²) in [5.74, 6) is 1.88. The van der Waals surface area contributed by atoms with E-state index in [1.165, 1.54) is 24.2 Å². The molecule has 1 saturated carbocycles. The first-order valence-corrected chi connectivity index (χ1v) is 7.41. The molecule has 1 aromatic carbocycles. The molecule has 1 aliphatic rings. The summed E-state index contributed by atoms with van der Waals surface area (Å²) in [6.45, 7) is 4.61. The van der Waals surface area contributed by atoms with Gasteiger partial charge in [-0.1, -0.05) is 11.6 Å². The number of fused-ring (bicyclic) bond motifs is 1. The van der Waals surface area contributed by atoms with E-state index in [1.54, 1.807) is 0 Å². The third kappa shape index (κ3) is 2.77. The summed E-state index contributed by atoms with van der Waals surface area (Å²) < 4.78 is 7.77. The predicted molar refractivity (Wildman–Crippen MR) is 77.8 cm³/mol. The van der Waals surface area contributed by atoms with Gasteiger partial charge in [0.25, 0.3) is 0 Å². The number of imidazole rings is 1. The number of nitrogens with zero attached hydrogens (tertiary/aromatic N) is 2. The first kappa shape index (κ1) is 12.9. The van der Waals surface area contributed by atoms with Crippen molar-refractivity contribution < 1.29 is 4.74 Å². The molecule has 0 spiro atoms. The Morgan fingerprint density at radius 2 is 2.26 bits per heavy atom. The van der Waals surface area contributed by atoms with Gasteiger partial charge in [0.15, 0.2) is 0 Å². The number of hydrogen-bond acceptors (Lipinski definition) is 2. The van der Waals surface area contributed by atoms with Gasteiger partial charge in [-0.15, -0.1) is 0 Å². The zero-order chi connectivity index (χ0) is 13.2. The van der Waals surface area contributed by atoms with Crippen LogP contribution < -0.4 is 0 Å². The molecule has 1 fully saturated rings. The molecule has 0 unspecified atom stereocenters.